The van der Waals surface area contributed by atoms with Crippen molar-refractivity contribution < 1.29 is 9.32 Å². The fourth-order valence-electron chi connectivity index (χ4n) is 2.82. The quantitative estimate of drug-likeness (QED) is 0.704. The van der Waals surface area contributed by atoms with E-state index in [1.54, 1.807) is 7.05 Å². The van der Waals surface area contributed by atoms with Crippen LogP contribution in [0, 0.1) is 0 Å². The van der Waals surface area contributed by atoms with E-state index >= 15 is 0 Å². The van der Waals surface area contributed by atoms with Crippen LogP contribution in [0.1, 0.15) is 22.3 Å². The standard InChI is InChI=1S/C20H20N2O3/c1-22-18(16-12-6-3-7-13-16)17(20(24)25-22)19(23)21-14-8-11-15-9-4-2-5-10-15/h2-7,9-10,12-13H,8,11,14H2,1H3,(H,21,23). The minimum atomic E-state index is -0.623. The van der Waals surface area contributed by atoms with E-state index in [0.29, 0.717) is 12.2 Å². The Morgan fingerprint density at radius 1 is 1.04 bits per heavy atom. The number of hydrogen-bond acceptors (Lipinski definition) is 3. The van der Waals surface area contributed by atoms with Crippen molar-refractivity contribution in [1.82, 2.24) is 10.1 Å². The van der Waals surface area contributed by atoms with Gasteiger partial charge in [0.05, 0.1) is 0 Å². The van der Waals surface area contributed by atoms with Gasteiger partial charge in [0, 0.05) is 19.2 Å². The molecule has 0 aliphatic heterocycles. The fourth-order valence-corrected chi connectivity index (χ4v) is 2.82. The topological polar surface area (TPSA) is 64.2 Å². The van der Waals surface area contributed by atoms with Crippen LogP contribution < -0.4 is 10.9 Å². The van der Waals surface area contributed by atoms with Crippen LogP contribution in [-0.4, -0.2) is 17.2 Å². The number of carbonyl (C=O) groups excluding carboxylic acids is 1. The van der Waals surface area contributed by atoms with Crippen LogP contribution in [0.2, 0.25) is 0 Å². The van der Waals surface area contributed by atoms with Crippen LogP contribution in [0.15, 0.2) is 70.0 Å². The minimum Gasteiger partial charge on any atom is -0.352 e. The second-order valence-electron chi connectivity index (χ2n) is 5.81. The maximum absolute atomic E-state index is 12.5. The normalized spacial score (nSPS) is 10.6. The highest BCUT2D eigenvalue weighted by Crippen LogP contribution is 2.21. The van der Waals surface area contributed by atoms with Crippen LogP contribution in [0.25, 0.3) is 11.3 Å². The monoisotopic (exact) mass is 336 g/mol. The molecular formula is C20H20N2O3. The molecular weight excluding hydrogens is 316 g/mol. The molecule has 0 saturated heterocycles. The van der Waals surface area contributed by atoms with Gasteiger partial charge < -0.3 is 9.84 Å². The van der Waals surface area contributed by atoms with Crippen molar-refractivity contribution in [2.24, 2.45) is 7.05 Å². The Balaban J connectivity index is 1.69. The predicted octanol–water partition coefficient (Wildman–Crippen LogP) is 3.01. The number of rotatable bonds is 6. The van der Waals surface area contributed by atoms with Crippen molar-refractivity contribution in [2.45, 2.75) is 12.8 Å². The predicted molar refractivity (Wildman–Crippen MR) is 96.5 cm³/mol. The summed E-state index contributed by atoms with van der Waals surface area (Å²) in [4.78, 5) is 24.6. The van der Waals surface area contributed by atoms with E-state index in [0.717, 1.165) is 18.4 Å². The Morgan fingerprint density at radius 2 is 1.68 bits per heavy atom. The van der Waals surface area contributed by atoms with Gasteiger partial charge in [0.1, 0.15) is 5.69 Å². The highest BCUT2D eigenvalue weighted by molar-refractivity contribution is 5.99. The molecule has 0 fully saturated rings. The van der Waals surface area contributed by atoms with E-state index in [9.17, 15) is 9.59 Å². The number of hydrogen-bond donors (Lipinski definition) is 1. The van der Waals surface area contributed by atoms with Gasteiger partial charge in [-0.05, 0) is 18.4 Å². The van der Waals surface area contributed by atoms with Gasteiger partial charge in [-0.25, -0.2) is 9.53 Å². The molecule has 2 aromatic carbocycles. The molecule has 5 heteroatoms. The van der Waals surface area contributed by atoms with Crippen molar-refractivity contribution in [3.05, 3.63) is 82.2 Å². The first-order chi connectivity index (χ1) is 12.2. The average Bonchev–Trinajstić information content (AvgIpc) is 2.94. The Bertz CT molecular complexity index is 896. The number of aryl methyl sites for hydroxylation is 2. The largest absolute Gasteiger partial charge is 0.370 e. The lowest BCUT2D eigenvalue weighted by Crippen LogP contribution is -2.28. The van der Waals surface area contributed by atoms with E-state index < -0.39 is 11.5 Å². The molecule has 1 heterocycles. The summed E-state index contributed by atoms with van der Waals surface area (Å²) >= 11 is 0. The number of nitrogens with one attached hydrogen (secondary N) is 1. The first kappa shape index (κ1) is 16.8. The molecule has 0 saturated carbocycles. The third kappa shape index (κ3) is 3.88. The Hall–Kier alpha value is -3.08. The average molecular weight is 336 g/mol. The van der Waals surface area contributed by atoms with Crippen LogP contribution in [0.4, 0.5) is 0 Å². The summed E-state index contributed by atoms with van der Waals surface area (Å²) in [6.07, 6.45) is 1.67. The van der Waals surface area contributed by atoms with Crippen molar-refractivity contribution in [3.63, 3.8) is 0 Å². The molecule has 1 aromatic heterocycles. The van der Waals surface area contributed by atoms with E-state index in [-0.39, 0.29) is 5.56 Å². The van der Waals surface area contributed by atoms with E-state index in [1.165, 1.54) is 10.3 Å². The number of nitrogens with zero attached hydrogens (tertiary/aromatic N) is 1. The van der Waals surface area contributed by atoms with Crippen molar-refractivity contribution in [3.8, 4) is 11.3 Å². The summed E-state index contributed by atoms with van der Waals surface area (Å²) in [6.45, 7) is 0.496. The summed E-state index contributed by atoms with van der Waals surface area (Å²) in [6, 6.07) is 19.4. The summed E-state index contributed by atoms with van der Waals surface area (Å²) < 4.78 is 6.44. The van der Waals surface area contributed by atoms with Crippen LogP contribution in [0.5, 0.6) is 0 Å². The van der Waals surface area contributed by atoms with Gasteiger partial charge in [-0.1, -0.05) is 60.7 Å². The van der Waals surface area contributed by atoms with Crippen molar-refractivity contribution >= 4 is 5.91 Å². The first-order valence-electron chi connectivity index (χ1n) is 8.24. The lowest BCUT2D eigenvalue weighted by molar-refractivity contribution is 0.0951. The molecule has 0 spiro atoms. The molecule has 0 aliphatic rings. The van der Waals surface area contributed by atoms with E-state index in [1.807, 2.05) is 48.5 Å². The molecule has 1 amide bonds. The Labute approximate surface area is 145 Å². The van der Waals surface area contributed by atoms with Gasteiger partial charge in [-0.3, -0.25) is 4.79 Å². The lowest BCUT2D eigenvalue weighted by atomic mass is 10.1. The van der Waals surface area contributed by atoms with Crippen LogP contribution >= 0.6 is 0 Å². The molecule has 5 nitrogen and oxygen atoms in total. The van der Waals surface area contributed by atoms with Gasteiger partial charge >= 0.3 is 5.63 Å². The first-order valence-corrected chi connectivity index (χ1v) is 8.24. The second-order valence-corrected chi connectivity index (χ2v) is 5.81. The van der Waals surface area contributed by atoms with Gasteiger partial charge in [0.25, 0.3) is 5.91 Å². The van der Waals surface area contributed by atoms with Crippen LogP contribution in [0.3, 0.4) is 0 Å². The summed E-state index contributed by atoms with van der Waals surface area (Å²) in [7, 11) is 1.62. The Morgan fingerprint density at radius 3 is 2.36 bits per heavy atom. The molecule has 0 unspecified atom stereocenters. The maximum atomic E-state index is 12.5. The minimum absolute atomic E-state index is 0.0495. The smallest absolute Gasteiger partial charge is 0.352 e. The van der Waals surface area contributed by atoms with Crippen LogP contribution in [-0.2, 0) is 13.5 Å². The molecule has 25 heavy (non-hydrogen) atoms. The lowest BCUT2D eigenvalue weighted by Gasteiger charge is -2.06. The van der Waals surface area contributed by atoms with Gasteiger partial charge in [-0.2, -0.15) is 0 Å². The zero-order valence-electron chi connectivity index (χ0n) is 14.1. The van der Waals surface area contributed by atoms with Gasteiger partial charge in [0.2, 0.25) is 0 Å². The van der Waals surface area contributed by atoms with E-state index in [2.05, 4.69) is 17.4 Å². The fraction of sp³-hybridized carbons (Fsp3) is 0.200. The van der Waals surface area contributed by atoms with Gasteiger partial charge in [-0.15, -0.1) is 0 Å². The number of aromatic nitrogens is 1. The SMILES string of the molecule is Cn1oc(=O)c(C(=O)NCCCc2ccccc2)c1-c1ccccc1. The van der Waals surface area contributed by atoms with Crippen molar-refractivity contribution in [1.29, 1.82) is 0 Å². The highest BCUT2D eigenvalue weighted by atomic mass is 16.5. The second kappa shape index (κ2) is 7.66. The molecule has 3 aromatic rings. The molecule has 0 aliphatic carbocycles. The number of benzene rings is 2. The van der Waals surface area contributed by atoms with Crippen molar-refractivity contribution in [2.75, 3.05) is 6.54 Å². The van der Waals surface area contributed by atoms with Gasteiger partial charge in [0.15, 0.2) is 5.56 Å². The zero-order chi connectivity index (χ0) is 17.6. The molecule has 128 valence electrons. The Kier molecular flexibility index (Phi) is 5.14. The summed E-state index contributed by atoms with van der Waals surface area (Å²) in [5, 5.41) is 2.82. The number of carbonyl (C=O) groups is 1. The zero-order valence-corrected chi connectivity index (χ0v) is 14.1. The third-order valence-electron chi connectivity index (χ3n) is 4.02. The third-order valence-corrected chi connectivity index (χ3v) is 4.02. The molecule has 1 N–H and O–H groups in total. The summed E-state index contributed by atoms with van der Waals surface area (Å²) in [5.41, 5.74) is 1.91. The molecule has 0 radical (unpaired) electrons. The molecule has 0 bridgehead atoms. The summed E-state index contributed by atoms with van der Waals surface area (Å²) in [5.74, 6) is -0.402. The molecule has 3 rings (SSSR count). The maximum Gasteiger partial charge on any atom is 0.370 e. The molecule has 0 atom stereocenters. The van der Waals surface area contributed by atoms with E-state index in [4.69, 9.17) is 4.52 Å². The number of amides is 1. The highest BCUT2D eigenvalue weighted by Gasteiger charge is 2.23.